The van der Waals surface area contributed by atoms with Gasteiger partial charge in [0.1, 0.15) is 0 Å². The summed E-state index contributed by atoms with van der Waals surface area (Å²) in [5, 5.41) is 13.9. The number of ether oxygens (including phenoxy) is 1. The minimum absolute atomic E-state index is 0.449. The molecule has 0 spiro atoms. The van der Waals surface area contributed by atoms with Crippen molar-refractivity contribution in [3.8, 4) is 5.75 Å². The van der Waals surface area contributed by atoms with Gasteiger partial charge in [-0.05, 0) is 0 Å². The molecule has 142 valence electrons. The number of benzene rings is 1. The van der Waals surface area contributed by atoms with Crippen molar-refractivity contribution >= 4 is 71.0 Å². The minimum atomic E-state index is -4.84. The molecule has 1 aromatic rings. The van der Waals surface area contributed by atoms with Crippen molar-refractivity contribution in [2.24, 2.45) is 0 Å². The van der Waals surface area contributed by atoms with E-state index in [9.17, 15) is 18.0 Å². The van der Waals surface area contributed by atoms with Crippen molar-refractivity contribution < 1.29 is 37.5 Å². The molecular formula is C16H23KO8S. The number of rotatable bonds is 9. The van der Waals surface area contributed by atoms with Gasteiger partial charge < -0.3 is 10.2 Å². The molecule has 0 saturated heterocycles. The molecule has 0 fully saturated rings. The summed E-state index contributed by atoms with van der Waals surface area (Å²) in [6.45, 7) is 4.37. The van der Waals surface area contributed by atoms with Crippen molar-refractivity contribution in [1.82, 2.24) is 0 Å². The Kier molecular flexibility index (Phi) is 12.6. The number of hydrogen-bond donors (Lipinski definition) is 3. The number of carboxylic acid groups (broad SMARTS) is 2. The number of unbranched alkanes of at least 4 members (excludes halogenated alkanes) is 1. The minimum Gasteiger partial charge on any atom is -0.481 e. The average Bonchev–Trinajstić information content (AvgIpc) is 2.50. The predicted molar refractivity (Wildman–Crippen MR) is 96.1 cm³/mol. The van der Waals surface area contributed by atoms with E-state index in [1.165, 1.54) is 18.4 Å². The normalized spacial score (nSPS) is 13.1. The maximum atomic E-state index is 10.2. The predicted octanol–water partition coefficient (Wildman–Crippen LogP) is 1.72. The number of carboxylic acids is 2. The molecule has 0 amide bonds. The summed E-state index contributed by atoms with van der Waals surface area (Å²) in [6, 6.07) is 8.42. The third kappa shape index (κ3) is 11.3. The van der Waals surface area contributed by atoms with Crippen LogP contribution in [-0.4, -0.2) is 89.5 Å². The van der Waals surface area contributed by atoms with Gasteiger partial charge in [0.25, 0.3) is 10.1 Å². The Morgan fingerprint density at radius 2 is 1.81 bits per heavy atom. The van der Waals surface area contributed by atoms with Gasteiger partial charge >= 0.3 is 135 Å². The second-order valence-corrected chi connectivity index (χ2v) is 9.96. The fraction of sp³-hybridized carbons (Fsp3) is 0.500. The van der Waals surface area contributed by atoms with Gasteiger partial charge in [0.15, 0.2) is 5.25 Å². The summed E-state index contributed by atoms with van der Waals surface area (Å²) in [5.41, 5.74) is 1.37. The Labute approximate surface area is 187 Å². The Balaban J connectivity index is 0.000000488. The second-order valence-electron chi connectivity index (χ2n) is 5.82. The van der Waals surface area contributed by atoms with Crippen LogP contribution in [0.25, 0.3) is 0 Å². The van der Waals surface area contributed by atoms with E-state index in [0.29, 0.717) is 0.199 Å². The molecule has 26 heavy (non-hydrogen) atoms. The first kappa shape index (κ1) is 25.5. The first-order chi connectivity index (χ1) is 12.0. The van der Waals surface area contributed by atoms with Crippen LogP contribution in [0.15, 0.2) is 24.3 Å². The standard InChI is InChI=1S/C12H17O.C4H6O7S.K/c1-3-5-8-11-9-6-7-10-12(11)13-4-2;5-3(6)1-2(4(7)8)12(9,10)11;/h4,6-7,9-10H,3,5,8H2,1-2H3;2H,1H2,(H,5,6)(H,7,8)(H,9,10,11);. The third-order valence-corrected chi connectivity index (χ3v) is 4.59. The first-order valence-electron chi connectivity index (χ1n) is 8.14. The summed E-state index contributed by atoms with van der Waals surface area (Å²) >= 11 is 0.741. The largest absolute Gasteiger partial charge is 0.481 e. The SMILES string of the molecule is CCCCc1ccccc1O[CH](C)[K].O=C(O)CC(C(=O)O)S(=O)(=O)O. The van der Waals surface area contributed by atoms with E-state index in [2.05, 4.69) is 38.1 Å². The maximum absolute atomic E-state index is 10.2. The first-order valence-corrected chi connectivity index (χ1v) is 11.4. The van der Waals surface area contributed by atoms with Gasteiger partial charge in [0.05, 0.1) is 6.42 Å². The van der Waals surface area contributed by atoms with Gasteiger partial charge in [0.2, 0.25) is 0 Å². The molecule has 1 rings (SSSR count). The second kappa shape index (κ2) is 12.8. The summed E-state index contributed by atoms with van der Waals surface area (Å²) in [7, 11) is -4.84. The van der Waals surface area contributed by atoms with Gasteiger partial charge in [-0.25, -0.2) is 0 Å². The molecule has 8 nitrogen and oxygen atoms in total. The van der Waals surface area contributed by atoms with Gasteiger partial charge in [-0.2, -0.15) is 8.42 Å². The van der Waals surface area contributed by atoms with Crippen molar-refractivity contribution in [3.63, 3.8) is 0 Å². The Morgan fingerprint density at radius 1 is 1.23 bits per heavy atom. The Morgan fingerprint density at radius 3 is 2.19 bits per heavy atom. The summed E-state index contributed by atoms with van der Waals surface area (Å²) < 4.78 is 34.9. The molecule has 3 N–H and O–H groups in total. The summed E-state index contributed by atoms with van der Waals surface area (Å²) in [6.07, 6.45) is 2.48. The number of hydrogen-bond acceptors (Lipinski definition) is 5. The van der Waals surface area contributed by atoms with Crippen molar-refractivity contribution in [2.45, 2.75) is 45.0 Å². The van der Waals surface area contributed by atoms with Crippen LogP contribution in [0.1, 0.15) is 38.7 Å². The molecule has 0 aliphatic rings. The van der Waals surface area contributed by atoms with Crippen LogP contribution in [0, 0.1) is 0 Å². The summed E-state index contributed by atoms with van der Waals surface area (Å²) in [5.74, 6) is -2.40. The fourth-order valence-corrected chi connectivity index (χ4v) is 2.93. The quantitative estimate of drug-likeness (QED) is 0.410. The van der Waals surface area contributed by atoms with Crippen LogP contribution in [0.4, 0.5) is 0 Å². The fourth-order valence-electron chi connectivity index (χ4n) is 1.93. The van der Waals surface area contributed by atoms with Crippen LogP contribution in [0.5, 0.6) is 5.75 Å². The van der Waals surface area contributed by atoms with Crippen LogP contribution < -0.4 is 4.74 Å². The zero-order valence-electron chi connectivity index (χ0n) is 15.1. The van der Waals surface area contributed by atoms with Gasteiger partial charge in [-0.1, -0.05) is 0 Å². The molecule has 0 aromatic heterocycles. The molecule has 0 saturated carbocycles. The van der Waals surface area contributed by atoms with E-state index in [0.717, 1.165) is 61.1 Å². The van der Waals surface area contributed by atoms with E-state index < -0.39 is 33.7 Å². The van der Waals surface area contributed by atoms with Crippen molar-refractivity contribution in [1.29, 1.82) is 0 Å². The molecule has 0 heterocycles. The smallest absolute Gasteiger partial charge is 0.325 e. The van der Waals surface area contributed by atoms with E-state index in [-0.39, 0.29) is 0 Å². The van der Waals surface area contributed by atoms with Gasteiger partial charge in [-0.15, -0.1) is 0 Å². The summed E-state index contributed by atoms with van der Waals surface area (Å²) in [4.78, 5) is 20.0. The molecule has 2 unspecified atom stereocenters. The van der Waals surface area contributed by atoms with Crippen LogP contribution in [0.3, 0.4) is 0 Å². The molecule has 2 atom stereocenters. The molecule has 0 bridgehead atoms. The third-order valence-electron chi connectivity index (χ3n) is 3.13. The molecule has 0 aliphatic heterocycles. The van der Waals surface area contributed by atoms with E-state index in [4.69, 9.17) is 19.5 Å². The maximum Gasteiger partial charge on any atom is 0.325 e. The molecular weight excluding hydrogens is 391 g/mol. The van der Waals surface area contributed by atoms with Gasteiger partial charge in [-0.3, -0.25) is 14.1 Å². The number of carbonyl (C=O) groups is 2. The molecule has 10 heteroatoms. The topological polar surface area (TPSA) is 138 Å². The van der Waals surface area contributed by atoms with Crippen LogP contribution >= 0.6 is 0 Å². The van der Waals surface area contributed by atoms with Crippen LogP contribution in [-0.2, 0) is 26.1 Å². The number of aryl methyl sites for hydroxylation is 1. The van der Waals surface area contributed by atoms with Gasteiger partial charge in [0, 0.05) is 0 Å². The number of para-hydroxylation sites is 1. The Hall–Kier alpha value is -0.494. The Bertz CT molecular complexity index is 687. The zero-order chi connectivity index (χ0) is 20.3. The molecule has 0 radical (unpaired) electrons. The van der Waals surface area contributed by atoms with Crippen molar-refractivity contribution in [3.05, 3.63) is 29.8 Å². The monoisotopic (exact) mass is 414 g/mol. The molecule has 0 aliphatic carbocycles. The van der Waals surface area contributed by atoms with E-state index in [1.54, 1.807) is 0 Å². The van der Waals surface area contributed by atoms with Crippen molar-refractivity contribution in [2.75, 3.05) is 0 Å². The zero-order valence-corrected chi connectivity index (χ0v) is 19.0. The van der Waals surface area contributed by atoms with E-state index in [1.807, 2.05) is 0 Å². The number of aliphatic carboxylic acids is 2. The average molecular weight is 415 g/mol. The van der Waals surface area contributed by atoms with E-state index >= 15 is 0 Å². The van der Waals surface area contributed by atoms with Crippen LogP contribution in [0.2, 0.25) is 0 Å². The molecule has 1 aromatic carbocycles.